The van der Waals surface area contributed by atoms with Crippen LogP contribution in [0.1, 0.15) is 13.3 Å². The fourth-order valence-electron chi connectivity index (χ4n) is 1.29. The van der Waals surface area contributed by atoms with Gasteiger partial charge in [-0.05, 0) is 6.92 Å². The Bertz CT molecular complexity index is 252. The minimum absolute atomic E-state index is 0.0650. The lowest BCUT2D eigenvalue weighted by molar-refractivity contribution is -0.138. The number of carbonyl (C=O) groups excluding carboxylic acids is 1. The molecule has 2 N–H and O–H groups in total. The SMILES string of the molecule is CCOC(=O)C1=C(O)CC(CF)NC1. The summed E-state index contributed by atoms with van der Waals surface area (Å²) < 4.78 is 16.9. The largest absolute Gasteiger partial charge is 0.512 e. The molecule has 0 amide bonds. The summed E-state index contributed by atoms with van der Waals surface area (Å²) in [4.78, 5) is 11.2. The van der Waals surface area contributed by atoms with Gasteiger partial charge in [-0.2, -0.15) is 0 Å². The van der Waals surface area contributed by atoms with Crippen LogP contribution in [0.2, 0.25) is 0 Å². The Morgan fingerprint density at radius 1 is 1.79 bits per heavy atom. The first-order valence-corrected chi connectivity index (χ1v) is 4.56. The van der Waals surface area contributed by atoms with Crippen molar-refractivity contribution in [2.24, 2.45) is 0 Å². The first kappa shape index (κ1) is 11.0. The minimum Gasteiger partial charge on any atom is -0.512 e. The summed E-state index contributed by atoms with van der Waals surface area (Å²) in [6, 6.07) is -0.395. The molecular weight excluding hydrogens is 189 g/mol. The van der Waals surface area contributed by atoms with E-state index in [1.807, 2.05) is 0 Å². The number of aliphatic hydroxyl groups excluding tert-OH is 1. The van der Waals surface area contributed by atoms with E-state index >= 15 is 0 Å². The van der Waals surface area contributed by atoms with Gasteiger partial charge in [0.1, 0.15) is 12.4 Å². The van der Waals surface area contributed by atoms with E-state index < -0.39 is 18.7 Å². The summed E-state index contributed by atoms with van der Waals surface area (Å²) in [7, 11) is 0. The average molecular weight is 203 g/mol. The maximum absolute atomic E-state index is 12.2. The summed E-state index contributed by atoms with van der Waals surface area (Å²) in [5, 5.41) is 12.2. The number of hydrogen-bond acceptors (Lipinski definition) is 4. The molecule has 0 fully saturated rings. The molecule has 1 heterocycles. The zero-order valence-corrected chi connectivity index (χ0v) is 8.05. The summed E-state index contributed by atoms with van der Waals surface area (Å²) in [5.41, 5.74) is 0.205. The highest BCUT2D eigenvalue weighted by Gasteiger charge is 2.24. The average Bonchev–Trinajstić information content (AvgIpc) is 2.17. The van der Waals surface area contributed by atoms with Crippen LogP contribution < -0.4 is 5.32 Å². The van der Waals surface area contributed by atoms with Crippen molar-refractivity contribution in [1.29, 1.82) is 0 Å². The van der Waals surface area contributed by atoms with Crippen LogP contribution in [0.15, 0.2) is 11.3 Å². The molecule has 0 radical (unpaired) electrons. The highest BCUT2D eigenvalue weighted by molar-refractivity contribution is 5.89. The third-order valence-electron chi connectivity index (χ3n) is 2.06. The van der Waals surface area contributed by atoms with Crippen molar-refractivity contribution in [1.82, 2.24) is 5.32 Å². The quantitative estimate of drug-likeness (QED) is 0.663. The normalized spacial score (nSPS) is 22.3. The lowest BCUT2D eigenvalue weighted by Crippen LogP contribution is -2.39. The third kappa shape index (κ3) is 2.45. The van der Waals surface area contributed by atoms with Gasteiger partial charge in [-0.25, -0.2) is 9.18 Å². The van der Waals surface area contributed by atoms with Gasteiger partial charge in [0.25, 0.3) is 0 Å². The van der Waals surface area contributed by atoms with Gasteiger partial charge in [0, 0.05) is 19.0 Å². The van der Waals surface area contributed by atoms with Gasteiger partial charge < -0.3 is 15.2 Å². The van der Waals surface area contributed by atoms with Gasteiger partial charge in [0.05, 0.1) is 12.2 Å². The second kappa shape index (κ2) is 4.95. The maximum atomic E-state index is 12.2. The van der Waals surface area contributed by atoms with Crippen LogP contribution in [0.25, 0.3) is 0 Å². The maximum Gasteiger partial charge on any atom is 0.338 e. The third-order valence-corrected chi connectivity index (χ3v) is 2.06. The smallest absolute Gasteiger partial charge is 0.338 e. The van der Waals surface area contributed by atoms with Gasteiger partial charge >= 0.3 is 5.97 Å². The van der Waals surface area contributed by atoms with Crippen LogP contribution in [-0.2, 0) is 9.53 Å². The van der Waals surface area contributed by atoms with Gasteiger partial charge in [0.15, 0.2) is 0 Å². The molecule has 1 atom stereocenters. The van der Waals surface area contributed by atoms with Crippen molar-refractivity contribution in [3.8, 4) is 0 Å². The molecular formula is C9H14FNO3. The zero-order chi connectivity index (χ0) is 10.6. The van der Waals surface area contributed by atoms with Crippen molar-refractivity contribution in [3.05, 3.63) is 11.3 Å². The predicted octanol–water partition coefficient (Wildman–Crippen LogP) is 0.693. The number of carbonyl (C=O) groups is 1. The summed E-state index contributed by atoms with van der Waals surface area (Å²) in [6.45, 7) is 1.57. The van der Waals surface area contributed by atoms with E-state index in [0.29, 0.717) is 0 Å². The van der Waals surface area contributed by atoms with Crippen LogP contribution in [0.5, 0.6) is 0 Å². The highest BCUT2D eigenvalue weighted by atomic mass is 19.1. The Morgan fingerprint density at radius 2 is 2.50 bits per heavy atom. The molecule has 0 bridgehead atoms. The molecule has 5 heteroatoms. The Hall–Kier alpha value is -1.10. The van der Waals surface area contributed by atoms with E-state index in [0.717, 1.165) is 0 Å². The molecule has 1 aliphatic rings. The molecule has 0 spiro atoms. The van der Waals surface area contributed by atoms with Crippen molar-refractivity contribution in [2.75, 3.05) is 19.8 Å². The minimum atomic E-state index is -0.555. The molecule has 1 aliphatic heterocycles. The predicted molar refractivity (Wildman–Crippen MR) is 48.7 cm³/mol. The summed E-state index contributed by atoms with van der Waals surface area (Å²) in [5.74, 6) is -0.598. The van der Waals surface area contributed by atoms with E-state index in [4.69, 9.17) is 4.74 Å². The monoisotopic (exact) mass is 203 g/mol. The molecule has 80 valence electrons. The van der Waals surface area contributed by atoms with E-state index in [9.17, 15) is 14.3 Å². The second-order valence-corrected chi connectivity index (χ2v) is 3.08. The highest BCUT2D eigenvalue weighted by Crippen LogP contribution is 2.15. The number of nitrogens with one attached hydrogen (secondary N) is 1. The molecule has 0 saturated heterocycles. The van der Waals surface area contributed by atoms with Crippen LogP contribution in [0, 0.1) is 0 Å². The second-order valence-electron chi connectivity index (χ2n) is 3.08. The van der Waals surface area contributed by atoms with E-state index in [1.54, 1.807) is 6.92 Å². The molecule has 0 aromatic rings. The molecule has 0 aliphatic carbocycles. The molecule has 0 aromatic heterocycles. The number of alkyl halides is 1. The van der Waals surface area contributed by atoms with Crippen LogP contribution >= 0.6 is 0 Å². The number of rotatable bonds is 3. The van der Waals surface area contributed by atoms with Gasteiger partial charge in [-0.1, -0.05) is 0 Å². The standard InChI is InChI=1S/C9H14FNO3/c1-2-14-9(13)7-5-11-6(4-10)3-8(7)12/h6,11-12H,2-5H2,1H3. The Morgan fingerprint density at radius 3 is 3.00 bits per heavy atom. The van der Waals surface area contributed by atoms with Crippen molar-refractivity contribution >= 4 is 5.97 Å². The van der Waals surface area contributed by atoms with Crippen molar-refractivity contribution in [3.63, 3.8) is 0 Å². The van der Waals surface area contributed by atoms with Crippen molar-refractivity contribution in [2.45, 2.75) is 19.4 Å². The van der Waals surface area contributed by atoms with E-state index in [2.05, 4.69) is 5.32 Å². The number of hydrogen-bond donors (Lipinski definition) is 2. The Labute approximate surface area is 81.7 Å². The molecule has 4 nitrogen and oxygen atoms in total. The number of ether oxygens (including phenoxy) is 1. The molecule has 1 rings (SSSR count). The number of esters is 1. The van der Waals surface area contributed by atoms with Crippen LogP contribution in [-0.4, -0.2) is 36.9 Å². The fraction of sp³-hybridized carbons (Fsp3) is 0.667. The lowest BCUT2D eigenvalue weighted by Gasteiger charge is -2.22. The van der Waals surface area contributed by atoms with Crippen LogP contribution in [0.3, 0.4) is 0 Å². The first-order valence-electron chi connectivity index (χ1n) is 4.56. The molecule has 0 saturated carbocycles. The zero-order valence-electron chi connectivity index (χ0n) is 8.05. The number of halogens is 1. The van der Waals surface area contributed by atoms with E-state index in [1.165, 1.54) is 0 Å². The van der Waals surface area contributed by atoms with Gasteiger partial charge in [-0.15, -0.1) is 0 Å². The topological polar surface area (TPSA) is 58.6 Å². The van der Waals surface area contributed by atoms with Gasteiger partial charge in [-0.3, -0.25) is 0 Å². The summed E-state index contributed by atoms with van der Waals surface area (Å²) in [6.07, 6.45) is 0.143. The molecule has 14 heavy (non-hydrogen) atoms. The van der Waals surface area contributed by atoms with Crippen molar-refractivity contribution < 1.29 is 19.0 Å². The molecule has 0 aromatic carbocycles. The summed E-state index contributed by atoms with van der Waals surface area (Å²) >= 11 is 0. The Balaban J connectivity index is 2.65. The fourth-order valence-corrected chi connectivity index (χ4v) is 1.29. The lowest BCUT2D eigenvalue weighted by atomic mass is 10.0. The van der Waals surface area contributed by atoms with Gasteiger partial charge in [0.2, 0.25) is 0 Å². The number of aliphatic hydroxyl groups is 1. The Kier molecular flexibility index (Phi) is 3.88. The first-order chi connectivity index (χ1) is 6.69. The van der Waals surface area contributed by atoms with E-state index in [-0.39, 0.29) is 30.9 Å². The van der Waals surface area contributed by atoms with Crippen LogP contribution in [0.4, 0.5) is 4.39 Å². The molecule has 1 unspecified atom stereocenters.